The minimum absolute atomic E-state index is 0.136. The van der Waals surface area contributed by atoms with Crippen LogP contribution in [0.2, 0.25) is 5.02 Å². The molecular formula is C22H19ClO. The molecule has 0 unspecified atom stereocenters. The molecule has 1 aliphatic rings. The van der Waals surface area contributed by atoms with Crippen molar-refractivity contribution in [1.82, 2.24) is 0 Å². The lowest BCUT2D eigenvalue weighted by Crippen LogP contribution is -2.15. The molecule has 0 aliphatic heterocycles. The van der Waals surface area contributed by atoms with E-state index in [1.54, 1.807) is 12.1 Å². The van der Waals surface area contributed by atoms with Crippen molar-refractivity contribution in [2.45, 2.75) is 32.6 Å². The van der Waals surface area contributed by atoms with E-state index < -0.39 is 0 Å². The zero-order valence-electron chi connectivity index (χ0n) is 14.1. The molecule has 24 heavy (non-hydrogen) atoms. The molecular weight excluding hydrogens is 316 g/mol. The molecule has 2 heteroatoms. The van der Waals surface area contributed by atoms with Crippen molar-refractivity contribution in [3.63, 3.8) is 0 Å². The van der Waals surface area contributed by atoms with Gasteiger partial charge < -0.3 is 0 Å². The van der Waals surface area contributed by atoms with E-state index in [0.717, 1.165) is 22.3 Å². The first-order valence-electron chi connectivity index (χ1n) is 7.99. The van der Waals surface area contributed by atoms with Gasteiger partial charge in [-0.05, 0) is 40.8 Å². The Labute approximate surface area is 148 Å². The van der Waals surface area contributed by atoms with Crippen LogP contribution < -0.4 is 0 Å². The van der Waals surface area contributed by atoms with Gasteiger partial charge in [0.25, 0.3) is 0 Å². The summed E-state index contributed by atoms with van der Waals surface area (Å²) < 4.78 is 0. The second-order valence-electron chi connectivity index (χ2n) is 7.04. The lowest BCUT2D eigenvalue weighted by atomic mass is 9.82. The predicted molar refractivity (Wildman–Crippen MR) is 100 cm³/mol. The molecule has 1 nitrogen and oxygen atoms in total. The molecule has 1 aliphatic carbocycles. The predicted octanol–water partition coefficient (Wildman–Crippen LogP) is 5.42. The molecule has 0 aromatic heterocycles. The van der Waals surface area contributed by atoms with Crippen LogP contribution in [0.3, 0.4) is 0 Å². The summed E-state index contributed by atoms with van der Waals surface area (Å²) >= 11 is 5.91. The minimum Gasteiger partial charge on any atom is -0.294 e. The lowest BCUT2D eigenvalue weighted by Gasteiger charge is -2.19. The molecule has 0 atom stereocenters. The largest absolute Gasteiger partial charge is 0.294 e. The molecule has 0 amide bonds. The highest BCUT2D eigenvalue weighted by Gasteiger charge is 2.27. The number of carbonyl (C=O) groups is 1. The summed E-state index contributed by atoms with van der Waals surface area (Å²) in [5.41, 5.74) is 4.91. The van der Waals surface area contributed by atoms with Gasteiger partial charge in [-0.3, -0.25) is 4.79 Å². The number of hydrogen-bond acceptors (Lipinski definition) is 1. The molecule has 0 saturated carbocycles. The summed E-state index contributed by atoms with van der Waals surface area (Å²) in [5, 5.41) is 0.665. The number of carbonyl (C=O) groups excluding carboxylic acids is 1. The maximum Gasteiger partial charge on any atom is 0.169 e. The smallest absolute Gasteiger partial charge is 0.169 e. The molecule has 120 valence electrons. The third-order valence-electron chi connectivity index (χ3n) is 4.16. The molecule has 0 spiro atoms. The van der Waals surface area contributed by atoms with Crippen LogP contribution in [0.15, 0.2) is 54.1 Å². The average molecular weight is 335 g/mol. The number of ketones is 1. The fourth-order valence-corrected chi connectivity index (χ4v) is 2.78. The second-order valence-corrected chi connectivity index (χ2v) is 7.47. The Morgan fingerprint density at radius 2 is 1.54 bits per heavy atom. The van der Waals surface area contributed by atoms with Gasteiger partial charge in [0.2, 0.25) is 0 Å². The summed E-state index contributed by atoms with van der Waals surface area (Å²) in [6, 6.07) is 15.6. The number of rotatable bonds is 1. The van der Waals surface area contributed by atoms with Gasteiger partial charge in [0.1, 0.15) is 0 Å². The zero-order chi connectivity index (χ0) is 17.3. The maximum atomic E-state index is 11.9. The van der Waals surface area contributed by atoms with Gasteiger partial charge in [0, 0.05) is 28.2 Å². The van der Waals surface area contributed by atoms with Crippen LogP contribution in [0.5, 0.6) is 0 Å². The van der Waals surface area contributed by atoms with Crippen molar-refractivity contribution in [3.05, 3.63) is 75.8 Å². The molecule has 2 aromatic rings. The summed E-state index contributed by atoms with van der Waals surface area (Å²) in [6.45, 7) is 6.57. The number of hydrogen-bond donors (Lipinski definition) is 0. The average Bonchev–Trinajstić information content (AvgIpc) is 2.53. The Bertz CT molecular complexity index is 867. The van der Waals surface area contributed by atoms with Gasteiger partial charge >= 0.3 is 0 Å². The van der Waals surface area contributed by atoms with Gasteiger partial charge in [-0.1, -0.05) is 68.5 Å². The minimum atomic E-state index is 0.136. The first-order chi connectivity index (χ1) is 11.3. The van der Waals surface area contributed by atoms with E-state index in [4.69, 9.17) is 11.6 Å². The molecule has 0 bridgehead atoms. The van der Waals surface area contributed by atoms with Crippen molar-refractivity contribution in [2.24, 2.45) is 0 Å². The summed E-state index contributed by atoms with van der Waals surface area (Å²) in [6.07, 6.45) is 0.422. The fraction of sp³-hybridized carbons (Fsp3) is 0.227. The molecule has 0 fully saturated rings. The first-order valence-corrected chi connectivity index (χ1v) is 8.37. The standard InChI is InChI=1S/C22H19ClO/c1-22(2,3)18-10-5-15(6-11-18)4-7-17-14-20(24)21(17)16-8-12-19(23)13-9-16/h5-6,8-13H,14H2,1-3H3. The molecule has 0 radical (unpaired) electrons. The van der Waals surface area contributed by atoms with E-state index >= 15 is 0 Å². The van der Waals surface area contributed by atoms with E-state index in [1.807, 2.05) is 24.3 Å². The highest BCUT2D eigenvalue weighted by molar-refractivity contribution is 6.32. The molecule has 0 saturated heterocycles. The van der Waals surface area contributed by atoms with Crippen LogP contribution in [-0.2, 0) is 10.2 Å². The second kappa shape index (κ2) is 6.30. The monoisotopic (exact) mass is 334 g/mol. The number of benzene rings is 2. The summed E-state index contributed by atoms with van der Waals surface area (Å²) in [7, 11) is 0. The van der Waals surface area contributed by atoms with Crippen LogP contribution in [0.4, 0.5) is 0 Å². The maximum absolute atomic E-state index is 11.9. The van der Waals surface area contributed by atoms with E-state index in [9.17, 15) is 4.79 Å². The Morgan fingerprint density at radius 1 is 0.917 bits per heavy atom. The topological polar surface area (TPSA) is 17.1 Å². The van der Waals surface area contributed by atoms with E-state index in [-0.39, 0.29) is 11.2 Å². The highest BCUT2D eigenvalue weighted by atomic mass is 35.5. The molecule has 0 heterocycles. The van der Waals surface area contributed by atoms with Crippen molar-refractivity contribution < 1.29 is 4.79 Å². The quantitative estimate of drug-likeness (QED) is 0.637. The van der Waals surface area contributed by atoms with Crippen LogP contribution in [-0.4, -0.2) is 5.78 Å². The molecule has 3 rings (SSSR count). The lowest BCUT2D eigenvalue weighted by molar-refractivity contribution is -0.114. The van der Waals surface area contributed by atoms with Crippen molar-refractivity contribution in [2.75, 3.05) is 0 Å². The van der Waals surface area contributed by atoms with E-state index in [0.29, 0.717) is 11.4 Å². The normalized spacial score (nSPS) is 14.1. The SMILES string of the molecule is CC(C)(C)c1ccc(C#CC2=C(c3ccc(Cl)cc3)C(=O)C2)cc1. The van der Waals surface area contributed by atoms with Crippen molar-refractivity contribution in [3.8, 4) is 11.8 Å². The zero-order valence-corrected chi connectivity index (χ0v) is 14.9. The Hall–Kier alpha value is -2.30. The number of halogens is 1. The van der Waals surface area contributed by atoms with Crippen LogP contribution in [0.1, 0.15) is 43.9 Å². The van der Waals surface area contributed by atoms with Gasteiger partial charge in [-0.2, -0.15) is 0 Å². The Kier molecular flexibility index (Phi) is 4.35. The Balaban J connectivity index is 1.87. The third-order valence-corrected chi connectivity index (χ3v) is 4.41. The first kappa shape index (κ1) is 16.6. The third kappa shape index (κ3) is 3.45. The fourth-order valence-electron chi connectivity index (χ4n) is 2.66. The van der Waals surface area contributed by atoms with Gasteiger partial charge in [-0.25, -0.2) is 0 Å². The summed E-state index contributed by atoms with van der Waals surface area (Å²) in [4.78, 5) is 11.9. The van der Waals surface area contributed by atoms with E-state index in [1.165, 1.54) is 5.56 Å². The molecule has 2 aromatic carbocycles. The van der Waals surface area contributed by atoms with Crippen LogP contribution in [0.25, 0.3) is 5.57 Å². The van der Waals surface area contributed by atoms with Gasteiger partial charge in [0.15, 0.2) is 5.78 Å². The van der Waals surface area contributed by atoms with Crippen molar-refractivity contribution in [1.29, 1.82) is 0 Å². The van der Waals surface area contributed by atoms with Crippen LogP contribution in [0, 0.1) is 11.8 Å². The van der Waals surface area contributed by atoms with Crippen molar-refractivity contribution >= 4 is 23.0 Å². The van der Waals surface area contributed by atoms with Gasteiger partial charge in [-0.15, -0.1) is 0 Å². The number of allylic oxidation sites excluding steroid dienone is 2. The number of Topliss-reactive ketones (excluding diaryl/α,β-unsaturated/α-hetero) is 1. The van der Waals surface area contributed by atoms with Crippen LogP contribution >= 0.6 is 11.6 Å². The van der Waals surface area contributed by atoms with E-state index in [2.05, 4.69) is 44.7 Å². The highest BCUT2D eigenvalue weighted by Crippen LogP contribution is 2.33. The Morgan fingerprint density at radius 3 is 2.08 bits per heavy atom. The molecule has 0 N–H and O–H groups in total. The summed E-state index contributed by atoms with van der Waals surface area (Å²) in [5.74, 6) is 6.48. The van der Waals surface area contributed by atoms with Gasteiger partial charge in [0.05, 0.1) is 0 Å².